The largest absolute Gasteiger partial charge is 0.364 e. The zero-order valence-electron chi connectivity index (χ0n) is 14.6. The topological polar surface area (TPSA) is 74.0 Å². The van der Waals surface area contributed by atoms with Crippen molar-refractivity contribution in [2.45, 2.75) is 25.9 Å². The maximum atomic E-state index is 11.8. The maximum absolute atomic E-state index is 11.8. The lowest BCUT2D eigenvalue weighted by atomic mass is 10.2. The van der Waals surface area contributed by atoms with Gasteiger partial charge in [-0.1, -0.05) is 17.3 Å². The SMILES string of the molecule is CN=C(NCc1ccc(N2CCCC2=O)cc1)N(C)Cc1ccon1. The van der Waals surface area contributed by atoms with E-state index in [1.165, 1.54) is 0 Å². The predicted octanol–water partition coefficient (Wildman–Crippen LogP) is 2.01. The van der Waals surface area contributed by atoms with Crippen LogP contribution in [0.15, 0.2) is 46.1 Å². The lowest BCUT2D eigenvalue weighted by Crippen LogP contribution is -2.38. The summed E-state index contributed by atoms with van der Waals surface area (Å²) in [4.78, 5) is 19.9. The normalized spacial score (nSPS) is 14.9. The number of amides is 1. The molecule has 0 saturated carbocycles. The van der Waals surface area contributed by atoms with Gasteiger partial charge in [-0.2, -0.15) is 0 Å². The highest BCUT2D eigenvalue weighted by Gasteiger charge is 2.21. The Bertz CT molecular complexity index is 724. The van der Waals surface area contributed by atoms with Gasteiger partial charge < -0.3 is 19.6 Å². The third kappa shape index (κ3) is 4.17. The molecule has 2 heterocycles. The second kappa shape index (κ2) is 7.83. The van der Waals surface area contributed by atoms with Crippen molar-refractivity contribution in [3.63, 3.8) is 0 Å². The lowest BCUT2D eigenvalue weighted by molar-refractivity contribution is -0.117. The minimum absolute atomic E-state index is 0.209. The number of hydrogen-bond acceptors (Lipinski definition) is 4. The first-order chi connectivity index (χ1) is 12.2. The zero-order valence-corrected chi connectivity index (χ0v) is 14.6. The van der Waals surface area contributed by atoms with E-state index in [1.807, 2.05) is 47.2 Å². The summed E-state index contributed by atoms with van der Waals surface area (Å²) >= 11 is 0. The minimum atomic E-state index is 0.209. The van der Waals surface area contributed by atoms with Crippen LogP contribution in [0.25, 0.3) is 0 Å². The van der Waals surface area contributed by atoms with E-state index in [0.717, 1.165) is 35.9 Å². The quantitative estimate of drug-likeness (QED) is 0.665. The van der Waals surface area contributed by atoms with Gasteiger partial charge >= 0.3 is 0 Å². The summed E-state index contributed by atoms with van der Waals surface area (Å²) in [5.41, 5.74) is 2.95. The minimum Gasteiger partial charge on any atom is -0.364 e. The summed E-state index contributed by atoms with van der Waals surface area (Å²) in [7, 11) is 3.70. The number of rotatable bonds is 5. The van der Waals surface area contributed by atoms with Crippen molar-refractivity contribution in [3.05, 3.63) is 47.9 Å². The fraction of sp³-hybridized carbons (Fsp3) is 0.389. The van der Waals surface area contributed by atoms with Gasteiger partial charge in [-0.15, -0.1) is 0 Å². The second-order valence-electron chi connectivity index (χ2n) is 6.06. The van der Waals surface area contributed by atoms with Gasteiger partial charge in [0.05, 0.1) is 6.54 Å². The molecule has 7 nitrogen and oxygen atoms in total. The molecule has 0 radical (unpaired) electrons. The molecule has 1 aromatic carbocycles. The van der Waals surface area contributed by atoms with Crippen molar-refractivity contribution in [3.8, 4) is 0 Å². The van der Waals surface area contributed by atoms with E-state index in [1.54, 1.807) is 13.3 Å². The van der Waals surface area contributed by atoms with E-state index in [9.17, 15) is 4.79 Å². The summed E-state index contributed by atoms with van der Waals surface area (Å²) in [5, 5.41) is 7.25. The number of guanidine groups is 1. The molecule has 0 aliphatic carbocycles. The van der Waals surface area contributed by atoms with Crippen LogP contribution in [0.2, 0.25) is 0 Å². The molecule has 1 fully saturated rings. The van der Waals surface area contributed by atoms with Crippen LogP contribution in [-0.2, 0) is 17.9 Å². The van der Waals surface area contributed by atoms with Crippen LogP contribution in [0.5, 0.6) is 0 Å². The van der Waals surface area contributed by atoms with Gasteiger partial charge in [0.25, 0.3) is 0 Å². The molecule has 0 bridgehead atoms. The first-order valence-electron chi connectivity index (χ1n) is 8.37. The second-order valence-corrected chi connectivity index (χ2v) is 6.06. The molecule has 25 heavy (non-hydrogen) atoms. The average molecular weight is 341 g/mol. The molecule has 2 aromatic rings. The number of nitrogens with zero attached hydrogens (tertiary/aromatic N) is 4. The molecule has 1 aromatic heterocycles. The van der Waals surface area contributed by atoms with Gasteiger partial charge in [0.1, 0.15) is 12.0 Å². The van der Waals surface area contributed by atoms with Crippen LogP contribution in [-0.4, -0.2) is 42.6 Å². The fourth-order valence-electron chi connectivity index (χ4n) is 2.92. The number of benzene rings is 1. The number of carbonyl (C=O) groups is 1. The Balaban J connectivity index is 1.55. The van der Waals surface area contributed by atoms with Crippen molar-refractivity contribution < 1.29 is 9.32 Å². The molecule has 7 heteroatoms. The number of carbonyl (C=O) groups excluding carboxylic acids is 1. The summed E-state index contributed by atoms with van der Waals surface area (Å²) in [6.45, 7) is 2.09. The molecule has 0 unspecified atom stereocenters. The third-order valence-electron chi connectivity index (χ3n) is 4.24. The van der Waals surface area contributed by atoms with Gasteiger partial charge in [0, 0.05) is 45.4 Å². The van der Waals surface area contributed by atoms with Crippen molar-refractivity contribution in [2.75, 3.05) is 25.5 Å². The fourth-order valence-corrected chi connectivity index (χ4v) is 2.92. The van der Waals surface area contributed by atoms with Crippen molar-refractivity contribution in [1.82, 2.24) is 15.4 Å². The molecule has 1 amide bonds. The van der Waals surface area contributed by atoms with Gasteiger partial charge in [-0.3, -0.25) is 9.79 Å². The molecule has 3 rings (SSSR count). The maximum Gasteiger partial charge on any atom is 0.227 e. The number of aromatic nitrogens is 1. The Hall–Kier alpha value is -2.83. The molecule has 132 valence electrons. The highest BCUT2D eigenvalue weighted by molar-refractivity contribution is 5.95. The first-order valence-corrected chi connectivity index (χ1v) is 8.37. The van der Waals surface area contributed by atoms with Gasteiger partial charge in [0.2, 0.25) is 5.91 Å². The van der Waals surface area contributed by atoms with E-state index in [0.29, 0.717) is 19.5 Å². The average Bonchev–Trinajstić information content (AvgIpc) is 3.28. The summed E-state index contributed by atoms with van der Waals surface area (Å²) in [5.74, 6) is 0.988. The molecule has 0 atom stereocenters. The molecule has 1 N–H and O–H groups in total. The Morgan fingerprint density at radius 2 is 2.16 bits per heavy atom. The van der Waals surface area contributed by atoms with E-state index in [2.05, 4.69) is 15.5 Å². The van der Waals surface area contributed by atoms with Crippen LogP contribution in [0.1, 0.15) is 24.1 Å². The Morgan fingerprint density at radius 3 is 2.76 bits per heavy atom. The standard InChI is InChI=1S/C18H23N5O2/c1-19-18(22(2)13-15-9-11-25-21-15)20-12-14-5-7-16(8-6-14)23-10-3-4-17(23)24/h5-9,11H,3-4,10,12-13H2,1-2H3,(H,19,20). The Morgan fingerprint density at radius 1 is 1.36 bits per heavy atom. The number of anilines is 1. The molecule has 0 spiro atoms. The van der Waals surface area contributed by atoms with E-state index in [4.69, 9.17) is 4.52 Å². The van der Waals surface area contributed by atoms with Gasteiger partial charge in [-0.05, 0) is 24.1 Å². The van der Waals surface area contributed by atoms with Crippen LogP contribution in [0.3, 0.4) is 0 Å². The third-order valence-corrected chi connectivity index (χ3v) is 4.24. The monoisotopic (exact) mass is 341 g/mol. The van der Waals surface area contributed by atoms with Crippen molar-refractivity contribution in [2.24, 2.45) is 4.99 Å². The highest BCUT2D eigenvalue weighted by Crippen LogP contribution is 2.21. The molecule has 1 saturated heterocycles. The van der Waals surface area contributed by atoms with E-state index in [-0.39, 0.29) is 5.91 Å². The van der Waals surface area contributed by atoms with Crippen LogP contribution >= 0.6 is 0 Å². The van der Waals surface area contributed by atoms with E-state index < -0.39 is 0 Å². The molecular formula is C18H23N5O2. The molecular weight excluding hydrogens is 318 g/mol. The Labute approximate surface area is 147 Å². The molecule has 1 aliphatic heterocycles. The van der Waals surface area contributed by atoms with Crippen molar-refractivity contribution in [1.29, 1.82) is 0 Å². The highest BCUT2D eigenvalue weighted by atomic mass is 16.5. The van der Waals surface area contributed by atoms with Gasteiger partial charge in [-0.25, -0.2) is 0 Å². The van der Waals surface area contributed by atoms with Crippen LogP contribution in [0.4, 0.5) is 5.69 Å². The van der Waals surface area contributed by atoms with E-state index >= 15 is 0 Å². The first kappa shape index (κ1) is 17.0. The van der Waals surface area contributed by atoms with Crippen LogP contribution < -0.4 is 10.2 Å². The summed E-state index contributed by atoms with van der Waals surface area (Å²) < 4.78 is 4.85. The Kier molecular flexibility index (Phi) is 5.33. The number of aliphatic imine (C=N–C) groups is 1. The summed E-state index contributed by atoms with van der Waals surface area (Å²) in [6.07, 6.45) is 3.15. The number of nitrogens with one attached hydrogen (secondary N) is 1. The smallest absolute Gasteiger partial charge is 0.227 e. The summed E-state index contributed by atoms with van der Waals surface area (Å²) in [6, 6.07) is 9.92. The predicted molar refractivity (Wildman–Crippen MR) is 96.2 cm³/mol. The zero-order chi connectivity index (χ0) is 17.6. The van der Waals surface area contributed by atoms with Crippen molar-refractivity contribution >= 4 is 17.6 Å². The van der Waals surface area contributed by atoms with Gasteiger partial charge in [0.15, 0.2) is 5.96 Å². The van der Waals surface area contributed by atoms with Crippen LogP contribution in [0, 0.1) is 0 Å². The lowest BCUT2D eigenvalue weighted by Gasteiger charge is -2.21. The molecule has 1 aliphatic rings. The number of hydrogen-bond donors (Lipinski definition) is 1.